The van der Waals surface area contributed by atoms with Gasteiger partial charge >= 0.3 is 0 Å². The van der Waals surface area contributed by atoms with Gasteiger partial charge in [0.1, 0.15) is 5.84 Å². The Balaban J connectivity index is 3.88. The fourth-order valence-corrected chi connectivity index (χ4v) is 0.661. The predicted molar refractivity (Wildman–Crippen MR) is 44.5 cm³/mol. The third-order valence-electron chi connectivity index (χ3n) is 1.78. The Kier molecular flexibility index (Phi) is 3.19. The zero-order valence-electron chi connectivity index (χ0n) is 7.02. The summed E-state index contributed by atoms with van der Waals surface area (Å²) >= 11 is 0. The van der Waals surface area contributed by atoms with Gasteiger partial charge in [-0.05, 0) is 5.41 Å². The second-order valence-electron chi connectivity index (χ2n) is 3.31. The van der Waals surface area contributed by atoms with Crippen molar-refractivity contribution >= 4 is 5.84 Å². The van der Waals surface area contributed by atoms with Crippen molar-refractivity contribution in [2.45, 2.75) is 33.6 Å². The average Bonchev–Trinajstić information content (AvgIpc) is 1.87. The van der Waals surface area contributed by atoms with Crippen molar-refractivity contribution in [3.63, 3.8) is 0 Å². The summed E-state index contributed by atoms with van der Waals surface area (Å²) in [4.78, 5) is 0. The van der Waals surface area contributed by atoms with Crippen LogP contribution in [0.25, 0.3) is 0 Å². The minimum atomic E-state index is 0.229. The van der Waals surface area contributed by atoms with Gasteiger partial charge in [0.15, 0.2) is 0 Å². The number of nitrogens with zero attached hydrogens (tertiary/aromatic N) is 1. The smallest absolute Gasteiger partial charge is 0.119 e. The summed E-state index contributed by atoms with van der Waals surface area (Å²) in [7, 11) is 0. The van der Waals surface area contributed by atoms with Crippen LogP contribution in [0.15, 0.2) is 5.10 Å². The van der Waals surface area contributed by atoms with Crippen molar-refractivity contribution < 1.29 is 0 Å². The normalized spacial score (nSPS) is 13.7. The lowest BCUT2D eigenvalue weighted by molar-refractivity contribution is 0.367. The van der Waals surface area contributed by atoms with E-state index in [1.54, 1.807) is 0 Å². The standard InChI is InChI=1S/C7H17N3/c1-4-7(2,3)5-6(8)10-9/h4-5,9H2,1-3H3,(H2,8,10). The molecule has 0 aromatic rings. The molecule has 0 bridgehead atoms. The number of hydrogen-bond donors (Lipinski definition) is 2. The van der Waals surface area contributed by atoms with Crippen molar-refractivity contribution in [2.75, 3.05) is 0 Å². The van der Waals surface area contributed by atoms with Gasteiger partial charge in [-0.2, -0.15) is 5.10 Å². The van der Waals surface area contributed by atoms with E-state index in [4.69, 9.17) is 11.6 Å². The lowest BCUT2D eigenvalue weighted by Crippen LogP contribution is -2.23. The van der Waals surface area contributed by atoms with E-state index in [-0.39, 0.29) is 5.41 Å². The Labute approximate surface area is 62.5 Å². The second kappa shape index (κ2) is 3.44. The molecule has 60 valence electrons. The van der Waals surface area contributed by atoms with Crippen LogP contribution in [0.2, 0.25) is 0 Å². The van der Waals surface area contributed by atoms with E-state index in [9.17, 15) is 0 Å². The number of nitrogens with two attached hydrogens (primary N) is 2. The minimum absolute atomic E-state index is 0.229. The third kappa shape index (κ3) is 3.33. The van der Waals surface area contributed by atoms with Gasteiger partial charge in [-0.3, -0.25) is 0 Å². The maximum absolute atomic E-state index is 5.46. The summed E-state index contributed by atoms with van der Waals surface area (Å²) in [5.41, 5.74) is 5.69. The van der Waals surface area contributed by atoms with Crippen molar-refractivity contribution in [3.05, 3.63) is 0 Å². The molecule has 0 aromatic carbocycles. The van der Waals surface area contributed by atoms with Crippen LogP contribution in [0.3, 0.4) is 0 Å². The van der Waals surface area contributed by atoms with Crippen LogP contribution < -0.4 is 11.6 Å². The van der Waals surface area contributed by atoms with Crippen LogP contribution in [-0.2, 0) is 0 Å². The first-order chi connectivity index (χ1) is 4.52. The molecule has 3 heteroatoms. The first-order valence-electron chi connectivity index (χ1n) is 3.54. The summed E-state index contributed by atoms with van der Waals surface area (Å²) in [6.07, 6.45) is 1.86. The molecule has 0 aliphatic carbocycles. The van der Waals surface area contributed by atoms with E-state index >= 15 is 0 Å². The van der Waals surface area contributed by atoms with Gasteiger partial charge < -0.3 is 11.6 Å². The highest BCUT2D eigenvalue weighted by Gasteiger charge is 2.16. The minimum Gasteiger partial charge on any atom is -0.386 e. The predicted octanol–water partition coefficient (Wildman–Crippen LogP) is 1.04. The number of amidine groups is 1. The number of hydrazone groups is 1. The molecular formula is C7H17N3. The molecule has 10 heavy (non-hydrogen) atoms. The first kappa shape index (κ1) is 9.27. The van der Waals surface area contributed by atoms with Crippen LogP contribution in [0.5, 0.6) is 0 Å². The summed E-state index contributed by atoms with van der Waals surface area (Å²) in [5.74, 6) is 5.53. The van der Waals surface area contributed by atoms with Crippen LogP contribution in [0, 0.1) is 5.41 Å². The Morgan fingerprint density at radius 1 is 1.50 bits per heavy atom. The highest BCUT2D eigenvalue weighted by atomic mass is 15.1. The Morgan fingerprint density at radius 2 is 2.00 bits per heavy atom. The van der Waals surface area contributed by atoms with Gasteiger partial charge in [-0.1, -0.05) is 27.2 Å². The maximum Gasteiger partial charge on any atom is 0.119 e. The molecule has 3 nitrogen and oxygen atoms in total. The lowest BCUT2D eigenvalue weighted by atomic mass is 9.86. The van der Waals surface area contributed by atoms with Gasteiger partial charge in [-0.25, -0.2) is 0 Å². The molecular weight excluding hydrogens is 126 g/mol. The molecule has 0 saturated heterocycles. The van der Waals surface area contributed by atoms with E-state index in [1.165, 1.54) is 0 Å². The van der Waals surface area contributed by atoms with Crippen LogP contribution in [0.4, 0.5) is 0 Å². The molecule has 0 saturated carbocycles. The van der Waals surface area contributed by atoms with Gasteiger partial charge in [0, 0.05) is 6.42 Å². The van der Waals surface area contributed by atoms with E-state index in [0.29, 0.717) is 5.84 Å². The number of rotatable bonds is 3. The van der Waals surface area contributed by atoms with Crippen LogP contribution >= 0.6 is 0 Å². The average molecular weight is 143 g/mol. The molecule has 0 rings (SSSR count). The van der Waals surface area contributed by atoms with Gasteiger partial charge in [0.2, 0.25) is 0 Å². The molecule has 0 aliphatic rings. The summed E-state index contributed by atoms with van der Waals surface area (Å²) in [6.45, 7) is 6.42. The molecule has 0 fully saturated rings. The van der Waals surface area contributed by atoms with Gasteiger partial charge in [-0.15, -0.1) is 0 Å². The molecule has 0 atom stereocenters. The van der Waals surface area contributed by atoms with Gasteiger partial charge in [0.05, 0.1) is 0 Å². The monoisotopic (exact) mass is 143 g/mol. The highest BCUT2D eigenvalue weighted by Crippen LogP contribution is 2.23. The first-order valence-corrected chi connectivity index (χ1v) is 3.54. The Bertz CT molecular complexity index is 127. The van der Waals surface area contributed by atoms with Crippen molar-refractivity contribution in [3.8, 4) is 0 Å². The molecule has 0 aromatic heterocycles. The number of hydrogen-bond acceptors (Lipinski definition) is 2. The molecule has 0 unspecified atom stereocenters. The topological polar surface area (TPSA) is 64.4 Å². The van der Waals surface area contributed by atoms with Crippen molar-refractivity contribution in [1.29, 1.82) is 0 Å². The fraction of sp³-hybridized carbons (Fsp3) is 0.857. The third-order valence-corrected chi connectivity index (χ3v) is 1.78. The summed E-state index contributed by atoms with van der Waals surface area (Å²) < 4.78 is 0. The SMILES string of the molecule is CCC(C)(C)C/C(N)=N/N. The van der Waals surface area contributed by atoms with E-state index in [2.05, 4.69) is 25.9 Å². The zero-order chi connectivity index (χ0) is 8.20. The Morgan fingerprint density at radius 3 is 2.30 bits per heavy atom. The van der Waals surface area contributed by atoms with Gasteiger partial charge in [0.25, 0.3) is 0 Å². The fourth-order valence-electron chi connectivity index (χ4n) is 0.661. The summed E-state index contributed by atoms with van der Waals surface area (Å²) in [5, 5.41) is 3.42. The highest BCUT2D eigenvalue weighted by molar-refractivity contribution is 5.80. The van der Waals surface area contributed by atoms with Crippen molar-refractivity contribution in [1.82, 2.24) is 0 Å². The van der Waals surface area contributed by atoms with Crippen molar-refractivity contribution in [2.24, 2.45) is 22.1 Å². The molecule has 0 radical (unpaired) electrons. The van der Waals surface area contributed by atoms with E-state index in [1.807, 2.05) is 0 Å². The maximum atomic E-state index is 5.46. The Hall–Kier alpha value is -0.730. The van der Waals surface area contributed by atoms with Crippen LogP contribution in [0.1, 0.15) is 33.6 Å². The molecule has 0 amide bonds. The zero-order valence-corrected chi connectivity index (χ0v) is 7.02. The molecule has 0 heterocycles. The van der Waals surface area contributed by atoms with Crippen LogP contribution in [-0.4, -0.2) is 5.84 Å². The molecule has 0 spiro atoms. The quantitative estimate of drug-likeness (QED) is 0.268. The largest absolute Gasteiger partial charge is 0.386 e. The molecule has 0 aliphatic heterocycles. The lowest BCUT2D eigenvalue weighted by Gasteiger charge is -2.21. The molecule has 4 N–H and O–H groups in total. The second-order valence-corrected chi connectivity index (χ2v) is 3.31. The van der Waals surface area contributed by atoms with E-state index < -0.39 is 0 Å². The van der Waals surface area contributed by atoms with E-state index in [0.717, 1.165) is 12.8 Å². The summed E-state index contributed by atoms with van der Waals surface area (Å²) in [6, 6.07) is 0.